The Labute approximate surface area is 308 Å². The van der Waals surface area contributed by atoms with Crippen LogP contribution in [0.1, 0.15) is 162 Å². The Morgan fingerprint density at radius 1 is 0.620 bits per heavy atom. The van der Waals surface area contributed by atoms with E-state index < -0.39 is 13.9 Å². The van der Waals surface area contributed by atoms with Gasteiger partial charge in [0.1, 0.15) is 19.3 Å². The molecule has 1 N–H and O–H groups in total. The summed E-state index contributed by atoms with van der Waals surface area (Å²) in [5.74, 6) is -0.326. The fourth-order valence-electron chi connectivity index (χ4n) is 5.23. The van der Waals surface area contributed by atoms with Gasteiger partial charge in [-0.2, -0.15) is 0 Å². The number of phosphoric ester groups is 1. The molecule has 2 atom stereocenters. The molecule has 0 radical (unpaired) electrons. The second-order valence-electron chi connectivity index (χ2n) is 14.7. The van der Waals surface area contributed by atoms with Crippen molar-refractivity contribution in [3.63, 3.8) is 0 Å². The molecule has 0 fully saturated rings. The number of unbranched alkanes of at least 4 members (excludes halogenated alkanes) is 17. The molecular formula is C41H79NO7P+. The number of allylic oxidation sites excluding steroid dienone is 6. The molecule has 0 aromatic rings. The summed E-state index contributed by atoms with van der Waals surface area (Å²) in [5, 5.41) is 0. The van der Waals surface area contributed by atoms with E-state index in [1.165, 1.54) is 96.3 Å². The van der Waals surface area contributed by atoms with Gasteiger partial charge < -0.3 is 18.9 Å². The summed E-state index contributed by atoms with van der Waals surface area (Å²) in [5.41, 5.74) is 0. The quantitative estimate of drug-likeness (QED) is 0.0224. The van der Waals surface area contributed by atoms with Crippen LogP contribution in [0.4, 0.5) is 0 Å². The highest BCUT2D eigenvalue weighted by Crippen LogP contribution is 2.43. The lowest BCUT2D eigenvalue weighted by Gasteiger charge is -2.24. The SMILES string of the molecule is CCC/C=C\CCCCCCCCOCC(COP(=O)(O)OCC[N+](C)(C)C)OC(=O)CCCCCCCCC/C=C\C/C=C\CCCCC. The molecule has 0 saturated carbocycles. The molecule has 0 bridgehead atoms. The highest BCUT2D eigenvalue weighted by molar-refractivity contribution is 7.47. The van der Waals surface area contributed by atoms with Gasteiger partial charge in [0.15, 0.2) is 0 Å². The first-order chi connectivity index (χ1) is 24.1. The standard InChI is InChI=1S/C41H78NO7P/c1-6-8-10-12-14-16-18-19-20-21-22-23-24-26-28-30-32-34-41(43)49-40(39-48-50(44,45)47-37-35-42(3,4)5)38-46-36-33-31-29-27-25-17-15-13-11-9-7-2/h11,13-14,16,19-20,40H,6-10,12,15,17-18,21-39H2,1-5H3/p+1/b13-11-,16-14-,20-19-. The molecule has 50 heavy (non-hydrogen) atoms. The third kappa shape index (κ3) is 38.0. The summed E-state index contributed by atoms with van der Waals surface area (Å²) in [6, 6.07) is 0. The van der Waals surface area contributed by atoms with E-state index >= 15 is 0 Å². The minimum atomic E-state index is -4.27. The minimum absolute atomic E-state index is 0.0853. The van der Waals surface area contributed by atoms with E-state index in [2.05, 4.69) is 50.3 Å². The lowest BCUT2D eigenvalue weighted by Crippen LogP contribution is -2.37. The predicted octanol–water partition coefficient (Wildman–Crippen LogP) is 11.4. The highest BCUT2D eigenvalue weighted by atomic mass is 31.2. The maximum Gasteiger partial charge on any atom is 0.472 e. The van der Waals surface area contributed by atoms with Crippen LogP contribution in [0.3, 0.4) is 0 Å². The van der Waals surface area contributed by atoms with Crippen LogP contribution in [0, 0.1) is 0 Å². The summed E-state index contributed by atoms with van der Waals surface area (Å²) in [7, 11) is 1.65. The van der Waals surface area contributed by atoms with Crippen LogP contribution in [0.25, 0.3) is 0 Å². The van der Waals surface area contributed by atoms with Gasteiger partial charge in [0, 0.05) is 13.0 Å². The van der Waals surface area contributed by atoms with E-state index in [-0.39, 0.29) is 25.8 Å². The third-order valence-electron chi connectivity index (χ3n) is 8.40. The maximum absolute atomic E-state index is 12.6. The van der Waals surface area contributed by atoms with Crippen molar-refractivity contribution < 1.29 is 37.3 Å². The first-order valence-corrected chi connectivity index (χ1v) is 21.7. The van der Waals surface area contributed by atoms with Crippen LogP contribution in [-0.4, -0.2) is 75.6 Å². The average Bonchev–Trinajstić information content (AvgIpc) is 3.06. The Balaban J connectivity index is 4.27. The molecule has 9 heteroatoms. The van der Waals surface area contributed by atoms with Crippen molar-refractivity contribution in [1.29, 1.82) is 0 Å². The second kappa shape index (κ2) is 34.8. The Bertz CT molecular complexity index is 900. The van der Waals surface area contributed by atoms with Crippen molar-refractivity contribution >= 4 is 13.8 Å². The van der Waals surface area contributed by atoms with Crippen molar-refractivity contribution in [3.8, 4) is 0 Å². The number of hydrogen-bond acceptors (Lipinski definition) is 6. The molecule has 0 saturated heterocycles. The Morgan fingerprint density at radius 2 is 1.14 bits per heavy atom. The van der Waals surface area contributed by atoms with Gasteiger partial charge in [-0.25, -0.2) is 4.57 Å². The molecule has 0 aliphatic rings. The van der Waals surface area contributed by atoms with Gasteiger partial charge in [0.2, 0.25) is 0 Å². The van der Waals surface area contributed by atoms with Gasteiger partial charge >= 0.3 is 13.8 Å². The fourth-order valence-corrected chi connectivity index (χ4v) is 5.97. The zero-order chi connectivity index (χ0) is 37.0. The first-order valence-electron chi connectivity index (χ1n) is 20.2. The minimum Gasteiger partial charge on any atom is -0.457 e. The number of likely N-dealkylation sites (N-methyl/N-ethyl adjacent to an activating group) is 1. The number of rotatable bonds is 37. The zero-order valence-electron chi connectivity index (χ0n) is 33.1. The van der Waals surface area contributed by atoms with Gasteiger partial charge in [0.25, 0.3) is 0 Å². The van der Waals surface area contributed by atoms with Crippen LogP contribution in [0.5, 0.6) is 0 Å². The lowest BCUT2D eigenvalue weighted by molar-refractivity contribution is -0.870. The number of nitrogens with zero attached hydrogens (tertiary/aromatic N) is 1. The summed E-state index contributed by atoms with van der Waals surface area (Å²) >= 11 is 0. The first kappa shape index (κ1) is 48.7. The van der Waals surface area contributed by atoms with Crippen molar-refractivity contribution in [2.45, 2.75) is 168 Å². The molecule has 0 rings (SSSR count). The molecular weight excluding hydrogens is 649 g/mol. The van der Waals surface area contributed by atoms with E-state index in [1.54, 1.807) is 0 Å². The largest absolute Gasteiger partial charge is 0.472 e. The average molecular weight is 729 g/mol. The van der Waals surface area contributed by atoms with Gasteiger partial charge in [-0.15, -0.1) is 0 Å². The zero-order valence-corrected chi connectivity index (χ0v) is 34.0. The van der Waals surface area contributed by atoms with E-state index in [4.69, 9.17) is 18.5 Å². The lowest BCUT2D eigenvalue weighted by atomic mass is 10.1. The van der Waals surface area contributed by atoms with Crippen LogP contribution in [0.15, 0.2) is 36.5 Å². The summed E-state index contributed by atoms with van der Waals surface area (Å²) in [6.07, 6.45) is 38.8. The Morgan fingerprint density at radius 3 is 1.72 bits per heavy atom. The maximum atomic E-state index is 12.6. The number of carbonyl (C=O) groups is 1. The number of carbonyl (C=O) groups excluding carboxylic acids is 1. The fraction of sp³-hybridized carbons (Fsp3) is 0.829. The van der Waals surface area contributed by atoms with E-state index in [0.29, 0.717) is 24.1 Å². The van der Waals surface area contributed by atoms with Crippen LogP contribution >= 0.6 is 7.82 Å². The van der Waals surface area contributed by atoms with Crippen molar-refractivity contribution in [2.24, 2.45) is 0 Å². The van der Waals surface area contributed by atoms with E-state index in [1.807, 2.05) is 21.1 Å². The predicted molar refractivity (Wildman–Crippen MR) is 210 cm³/mol. The Hall–Kier alpha value is -1.28. The van der Waals surface area contributed by atoms with Gasteiger partial charge in [0.05, 0.1) is 34.4 Å². The Kier molecular flexibility index (Phi) is 33.9. The second-order valence-corrected chi connectivity index (χ2v) is 16.1. The molecule has 0 aliphatic carbocycles. The topological polar surface area (TPSA) is 91.3 Å². The summed E-state index contributed by atoms with van der Waals surface area (Å²) in [6.45, 7) is 5.51. The van der Waals surface area contributed by atoms with Gasteiger partial charge in [-0.1, -0.05) is 127 Å². The van der Waals surface area contributed by atoms with E-state index in [0.717, 1.165) is 44.9 Å². The molecule has 0 aromatic carbocycles. The number of quaternary nitrogens is 1. The van der Waals surface area contributed by atoms with E-state index in [9.17, 15) is 14.3 Å². The summed E-state index contributed by atoms with van der Waals surface area (Å²) < 4.78 is 34.9. The van der Waals surface area contributed by atoms with Crippen molar-refractivity contribution in [3.05, 3.63) is 36.5 Å². The van der Waals surface area contributed by atoms with Crippen molar-refractivity contribution in [2.75, 3.05) is 54.1 Å². The number of phosphoric acid groups is 1. The molecule has 0 aliphatic heterocycles. The smallest absolute Gasteiger partial charge is 0.457 e. The molecule has 0 spiro atoms. The normalized spacial score (nSPS) is 14.3. The third-order valence-corrected chi connectivity index (χ3v) is 9.39. The monoisotopic (exact) mass is 729 g/mol. The number of esters is 1. The number of hydrogen-bond donors (Lipinski definition) is 1. The van der Waals surface area contributed by atoms with Crippen molar-refractivity contribution in [1.82, 2.24) is 0 Å². The molecule has 0 heterocycles. The summed E-state index contributed by atoms with van der Waals surface area (Å²) in [4.78, 5) is 22.8. The van der Waals surface area contributed by atoms with Gasteiger partial charge in [-0.3, -0.25) is 13.8 Å². The molecule has 2 unspecified atom stereocenters. The van der Waals surface area contributed by atoms with Gasteiger partial charge in [-0.05, 0) is 64.2 Å². The molecule has 0 aromatic heterocycles. The van der Waals surface area contributed by atoms with Crippen LogP contribution in [0.2, 0.25) is 0 Å². The van der Waals surface area contributed by atoms with Crippen LogP contribution in [-0.2, 0) is 27.9 Å². The molecule has 294 valence electrons. The molecule has 8 nitrogen and oxygen atoms in total. The highest BCUT2D eigenvalue weighted by Gasteiger charge is 2.26. The molecule has 0 amide bonds. The number of ether oxygens (including phenoxy) is 2. The van der Waals surface area contributed by atoms with Crippen LogP contribution < -0.4 is 0 Å².